The van der Waals surface area contributed by atoms with Crippen LogP contribution in [-0.4, -0.2) is 16.5 Å². The van der Waals surface area contributed by atoms with Gasteiger partial charge in [-0.3, -0.25) is 4.79 Å². The van der Waals surface area contributed by atoms with Crippen molar-refractivity contribution in [2.24, 2.45) is 0 Å². The Morgan fingerprint density at radius 2 is 1.47 bits per heavy atom. The smallest absolute Gasteiger partial charge is 0.266 e. The van der Waals surface area contributed by atoms with E-state index < -0.39 is 16.9 Å². The second-order valence-electron chi connectivity index (χ2n) is 2.91. The summed E-state index contributed by atoms with van der Waals surface area (Å²) in [5.74, 6) is 0. The van der Waals surface area contributed by atoms with E-state index in [0.717, 1.165) is 0 Å². The fourth-order valence-corrected chi connectivity index (χ4v) is 2.20. The summed E-state index contributed by atoms with van der Waals surface area (Å²) in [5.41, 5.74) is -3.15. The van der Waals surface area contributed by atoms with Crippen molar-refractivity contribution in [1.82, 2.24) is 16.5 Å². The van der Waals surface area contributed by atoms with E-state index in [0.29, 0.717) is 16.5 Å². The predicted octanol–water partition coefficient (Wildman–Crippen LogP) is -1.47. The average molecular weight is 289 g/mol. The van der Waals surface area contributed by atoms with Gasteiger partial charge in [0.15, 0.2) is 17.4 Å². The van der Waals surface area contributed by atoms with E-state index in [-0.39, 0.29) is 11.2 Å². The van der Waals surface area contributed by atoms with Crippen LogP contribution in [0.3, 0.4) is 0 Å². The molecule has 0 bridgehead atoms. The summed E-state index contributed by atoms with van der Waals surface area (Å²) in [4.78, 5) is 34.8. The van der Waals surface area contributed by atoms with Crippen LogP contribution in [0.5, 0.6) is 0 Å². The number of aromatic nitrogens is 4. The molecule has 2 rings (SSSR count). The van der Waals surface area contributed by atoms with Crippen molar-refractivity contribution >= 4 is 49.6 Å². The van der Waals surface area contributed by atoms with Crippen LogP contribution < -0.4 is 16.9 Å². The molecule has 0 aromatic carbocycles. The van der Waals surface area contributed by atoms with Gasteiger partial charge in [-0.2, -0.15) is 9.83 Å². The quantitative estimate of drug-likeness (QED) is 0.516. The van der Waals surface area contributed by atoms with Gasteiger partial charge in [0.2, 0.25) is 0 Å². The first-order valence-corrected chi connectivity index (χ1v) is 5.15. The van der Waals surface area contributed by atoms with Crippen molar-refractivity contribution in [1.29, 1.82) is 5.26 Å². The summed E-state index contributed by atoms with van der Waals surface area (Å²) in [6.45, 7) is 0. The Morgan fingerprint density at radius 1 is 0.941 bits per heavy atom. The summed E-state index contributed by atoms with van der Waals surface area (Å²) in [6.07, 6.45) is 1.51. The fraction of sp³-hybridized carbons (Fsp3) is 0. The molecule has 0 aliphatic rings. The third-order valence-electron chi connectivity index (χ3n) is 2.07. The number of hydrogen-bond acceptors (Lipinski definition) is 7. The Morgan fingerprint density at radius 3 is 2.00 bits per heavy atom. The number of nitriles is 1. The van der Waals surface area contributed by atoms with Crippen molar-refractivity contribution in [2.45, 2.75) is 0 Å². The predicted molar refractivity (Wildman–Crippen MR) is 68.9 cm³/mol. The van der Waals surface area contributed by atoms with Gasteiger partial charge in [0.25, 0.3) is 5.56 Å². The molecule has 0 saturated heterocycles. The molecule has 0 aliphatic carbocycles. The molecule has 2 heterocycles. The Labute approximate surface area is 109 Å². The molecular formula is C6H3N5O3S3. The minimum atomic E-state index is -0.898. The highest BCUT2D eigenvalue weighted by Gasteiger charge is 2.20. The van der Waals surface area contributed by atoms with Gasteiger partial charge in [-0.1, -0.05) is 38.4 Å². The lowest BCUT2D eigenvalue weighted by Crippen LogP contribution is -2.33. The second kappa shape index (κ2) is 3.76. The highest BCUT2D eigenvalue weighted by molar-refractivity contribution is 7.80. The minimum Gasteiger partial charge on any atom is -0.266 e. The Kier molecular flexibility index (Phi) is 2.64. The summed E-state index contributed by atoms with van der Waals surface area (Å²) in [5, 5.41) is 8.79. The molecule has 17 heavy (non-hydrogen) atoms. The summed E-state index contributed by atoms with van der Waals surface area (Å²) >= 11 is 11.3. The van der Waals surface area contributed by atoms with Crippen molar-refractivity contribution in [2.75, 3.05) is 0 Å². The molecule has 8 nitrogen and oxygen atoms in total. The Hall–Kier alpha value is -1.51. The van der Waals surface area contributed by atoms with Crippen molar-refractivity contribution in [3.8, 4) is 6.19 Å². The second-order valence-corrected chi connectivity index (χ2v) is 4.11. The fourth-order valence-electron chi connectivity index (χ4n) is 1.32. The van der Waals surface area contributed by atoms with E-state index in [9.17, 15) is 14.4 Å². The van der Waals surface area contributed by atoms with Crippen LogP contribution in [-0.2, 0) is 0 Å². The monoisotopic (exact) mass is 289 g/mol. The first-order chi connectivity index (χ1) is 7.91. The van der Waals surface area contributed by atoms with Crippen LogP contribution in [0.25, 0.3) is 11.2 Å². The molecule has 88 valence electrons. The lowest BCUT2D eigenvalue weighted by Gasteiger charge is -2.01. The normalized spacial score (nSPS) is 10.7. The number of rotatable bonds is 0. The summed E-state index contributed by atoms with van der Waals surface area (Å²) < 4.78 is 2.33. The average Bonchev–Trinajstić information content (AvgIpc) is 2.57. The van der Waals surface area contributed by atoms with Gasteiger partial charge in [0.05, 0.1) is 0 Å². The Balaban J connectivity index is 3.38. The van der Waals surface area contributed by atoms with Crippen LogP contribution in [0.2, 0.25) is 0 Å². The molecule has 0 N–H and O–H groups in total. The third-order valence-corrected chi connectivity index (χ3v) is 3.14. The number of fused-ring (bicyclic) bond motifs is 1. The van der Waals surface area contributed by atoms with Gasteiger partial charge in [-0.05, 0) is 0 Å². The van der Waals surface area contributed by atoms with Crippen LogP contribution in [0.1, 0.15) is 0 Å². The zero-order valence-corrected chi connectivity index (χ0v) is 10.5. The molecule has 0 amide bonds. The van der Waals surface area contributed by atoms with Crippen LogP contribution in [0.4, 0.5) is 0 Å². The van der Waals surface area contributed by atoms with Crippen LogP contribution in [0.15, 0.2) is 14.4 Å². The lowest BCUT2D eigenvalue weighted by atomic mass is 10.5. The molecular weight excluding hydrogens is 286 g/mol. The molecule has 0 atom stereocenters. The standard InChI is InChI=1S/C6H3N5O3S3/c7-1-8-2-3(9(15)5(8)13)10(16)6(14)11(17)4(2)12/h15-17H. The number of imidazole rings is 1. The van der Waals surface area contributed by atoms with Gasteiger partial charge < -0.3 is 0 Å². The van der Waals surface area contributed by atoms with Crippen LogP contribution in [0, 0.1) is 11.5 Å². The van der Waals surface area contributed by atoms with E-state index in [1.54, 1.807) is 0 Å². The lowest BCUT2D eigenvalue weighted by molar-refractivity contribution is 0.974. The maximum absolute atomic E-state index is 11.7. The molecule has 0 spiro atoms. The minimum absolute atomic E-state index is 0.191. The first kappa shape index (κ1) is 12.0. The van der Waals surface area contributed by atoms with Crippen molar-refractivity contribution < 1.29 is 0 Å². The molecule has 11 heteroatoms. The Bertz CT molecular complexity index is 847. The molecule has 0 fully saturated rings. The zero-order valence-electron chi connectivity index (χ0n) is 7.80. The van der Waals surface area contributed by atoms with E-state index in [2.05, 4.69) is 38.4 Å². The topological polar surface area (TPSA) is 94.7 Å². The van der Waals surface area contributed by atoms with E-state index in [1.807, 2.05) is 0 Å². The van der Waals surface area contributed by atoms with E-state index in [4.69, 9.17) is 5.26 Å². The molecule has 0 aliphatic heterocycles. The molecule has 0 unspecified atom stereocenters. The van der Waals surface area contributed by atoms with Crippen molar-refractivity contribution in [3.63, 3.8) is 0 Å². The third kappa shape index (κ3) is 1.38. The van der Waals surface area contributed by atoms with Gasteiger partial charge >= 0.3 is 11.4 Å². The highest BCUT2D eigenvalue weighted by atomic mass is 32.1. The highest BCUT2D eigenvalue weighted by Crippen LogP contribution is 2.08. The zero-order chi connectivity index (χ0) is 12.9. The molecule has 2 aromatic rings. The maximum Gasteiger partial charge on any atom is 0.354 e. The SMILES string of the molecule is N#Cn1c(=O)n(S)c2c1c(=O)n(S)c(=O)n2S. The first-order valence-electron chi connectivity index (χ1n) is 3.95. The summed E-state index contributed by atoms with van der Waals surface area (Å²) in [7, 11) is 0. The molecule has 2 aromatic heterocycles. The number of hydrogen-bond donors (Lipinski definition) is 3. The van der Waals surface area contributed by atoms with Crippen molar-refractivity contribution in [3.05, 3.63) is 31.3 Å². The van der Waals surface area contributed by atoms with Gasteiger partial charge in [0.1, 0.15) is 0 Å². The molecule has 0 radical (unpaired) electrons. The largest absolute Gasteiger partial charge is 0.354 e. The molecule has 0 saturated carbocycles. The van der Waals surface area contributed by atoms with Crippen LogP contribution >= 0.6 is 38.4 Å². The number of thiol groups is 3. The number of nitrogens with zero attached hydrogens (tertiary/aromatic N) is 5. The maximum atomic E-state index is 11.7. The van der Waals surface area contributed by atoms with E-state index >= 15 is 0 Å². The summed E-state index contributed by atoms with van der Waals surface area (Å²) in [6, 6.07) is 0. The van der Waals surface area contributed by atoms with E-state index in [1.165, 1.54) is 6.19 Å². The van der Waals surface area contributed by atoms with Gasteiger partial charge in [-0.15, -0.1) is 0 Å². The van der Waals surface area contributed by atoms with Gasteiger partial charge in [-0.25, -0.2) is 21.5 Å². The van der Waals surface area contributed by atoms with Gasteiger partial charge in [0, 0.05) is 0 Å².